The average Bonchev–Trinajstić information content (AvgIpc) is 2.66. The van der Waals surface area contributed by atoms with Crippen molar-refractivity contribution in [2.45, 2.75) is 32.7 Å². The van der Waals surface area contributed by atoms with Crippen LogP contribution < -0.4 is 0 Å². The molecule has 16 heavy (non-hydrogen) atoms. The van der Waals surface area contributed by atoms with E-state index in [9.17, 15) is 0 Å². The average molecular weight is 239 g/mol. The van der Waals surface area contributed by atoms with Crippen LogP contribution in [0, 0.1) is 5.92 Å². The molecule has 0 unspecified atom stereocenters. The Morgan fingerprint density at radius 1 is 1.56 bits per heavy atom. The molecule has 1 aliphatic heterocycles. The first-order valence-corrected chi connectivity index (χ1v) is 6.40. The molecule has 0 bridgehead atoms. The Labute approximate surface area is 103 Å². The Kier molecular flexibility index (Phi) is 3.82. The Balaban J connectivity index is 2.17. The molecule has 1 aromatic rings. The van der Waals surface area contributed by atoms with Crippen LogP contribution in [0.15, 0.2) is 18.3 Å². The van der Waals surface area contributed by atoms with Crippen molar-refractivity contribution in [2.24, 2.45) is 5.92 Å². The van der Waals surface area contributed by atoms with Gasteiger partial charge >= 0.3 is 0 Å². The highest BCUT2D eigenvalue weighted by Crippen LogP contribution is 2.34. The maximum absolute atomic E-state index is 6.17. The molecule has 0 aliphatic carbocycles. The van der Waals surface area contributed by atoms with Gasteiger partial charge in [-0.1, -0.05) is 31.5 Å². The monoisotopic (exact) mass is 238 g/mol. The fraction of sp³-hybridized carbons (Fsp3) is 0.615. The van der Waals surface area contributed by atoms with Gasteiger partial charge in [0, 0.05) is 24.3 Å². The summed E-state index contributed by atoms with van der Waals surface area (Å²) in [6, 6.07) is 4.56. The molecule has 1 aromatic heterocycles. The zero-order valence-corrected chi connectivity index (χ0v) is 10.7. The van der Waals surface area contributed by atoms with E-state index in [1.54, 1.807) is 6.20 Å². The molecule has 2 heterocycles. The van der Waals surface area contributed by atoms with Crippen LogP contribution in [0.3, 0.4) is 0 Å². The Morgan fingerprint density at radius 2 is 2.38 bits per heavy atom. The molecule has 0 aromatic carbocycles. The van der Waals surface area contributed by atoms with Gasteiger partial charge in [0.1, 0.15) is 5.15 Å². The van der Waals surface area contributed by atoms with Gasteiger partial charge < -0.3 is 0 Å². The molecule has 2 rings (SSSR count). The van der Waals surface area contributed by atoms with Crippen molar-refractivity contribution < 1.29 is 0 Å². The second kappa shape index (κ2) is 5.15. The van der Waals surface area contributed by atoms with E-state index < -0.39 is 0 Å². The third-order valence-corrected chi connectivity index (χ3v) is 3.43. The first-order valence-electron chi connectivity index (χ1n) is 6.03. The standard InChI is InChI=1S/C13H19ClN2/c1-10(2)9-16-8-4-6-12(16)11-5-3-7-15-13(11)14/h3,5,7,10,12H,4,6,8-9H2,1-2H3/t12-/m0/s1. The fourth-order valence-electron chi connectivity index (χ4n) is 2.51. The lowest BCUT2D eigenvalue weighted by Gasteiger charge is -2.26. The van der Waals surface area contributed by atoms with Crippen LogP contribution in [0.2, 0.25) is 5.15 Å². The number of pyridine rings is 1. The van der Waals surface area contributed by atoms with Crippen LogP contribution in [-0.4, -0.2) is 23.0 Å². The Hall–Kier alpha value is -0.600. The molecule has 0 saturated carbocycles. The van der Waals surface area contributed by atoms with E-state index in [0.717, 1.165) is 6.54 Å². The molecule has 2 nitrogen and oxygen atoms in total. The van der Waals surface area contributed by atoms with Crippen molar-refractivity contribution in [3.05, 3.63) is 29.0 Å². The van der Waals surface area contributed by atoms with E-state index in [4.69, 9.17) is 11.6 Å². The summed E-state index contributed by atoms with van der Waals surface area (Å²) in [5.41, 5.74) is 1.20. The van der Waals surface area contributed by atoms with E-state index in [2.05, 4.69) is 29.8 Å². The summed E-state index contributed by atoms with van der Waals surface area (Å²) in [6.45, 7) is 6.87. The van der Waals surface area contributed by atoms with Crippen LogP contribution in [-0.2, 0) is 0 Å². The highest BCUT2D eigenvalue weighted by Gasteiger charge is 2.27. The number of hydrogen-bond donors (Lipinski definition) is 0. The minimum absolute atomic E-state index is 0.476. The number of likely N-dealkylation sites (tertiary alicyclic amines) is 1. The van der Waals surface area contributed by atoms with E-state index in [1.807, 2.05) is 6.07 Å². The van der Waals surface area contributed by atoms with Crippen LogP contribution >= 0.6 is 11.6 Å². The van der Waals surface area contributed by atoms with Gasteiger partial charge in [0.2, 0.25) is 0 Å². The predicted octanol–water partition coefficient (Wildman–Crippen LogP) is 3.53. The predicted molar refractivity (Wildman–Crippen MR) is 67.6 cm³/mol. The third kappa shape index (κ3) is 2.55. The van der Waals surface area contributed by atoms with Gasteiger partial charge in [0.15, 0.2) is 0 Å². The molecular formula is C13H19ClN2. The lowest BCUT2D eigenvalue weighted by molar-refractivity contribution is 0.228. The molecular weight excluding hydrogens is 220 g/mol. The lowest BCUT2D eigenvalue weighted by atomic mass is 10.1. The first-order chi connectivity index (χ1) is 7.68. The third-order valence-electron chi connectivity index (χ3n) is 3.11. The Bertz CT molecular complexity index is 352. The minimum atomic E-state index is 0.476. The topological polar surface area (TPSA) is 16.1 Å². The van der Waals surface area contributed by atoms with Crippen molar-refractivity contribution in [1.29, 1.82) is 0 Å². The number of rotatable bonds is 3. The van der Waals surface area contributed by atoms with Crippen LogP contribution in [0.25, 0.3) is 0 Å². The molecule has 1 fully saturated rings. The molecule has 0 spiro atoms. The molecule has 1 saturated heterocycles. The second-order valence-electron chi connectivity index (χ2n) is 4.93. The SMILES string of the molecule is CC(C)CN1CCC[C@H]1c1cccnc1Cl. The van der Waals surface area contributed by atoms with E-state index >= 15 is 0 Å². The molecule has 3 heteroatoms. The lowest BCUT2D eigenvalue weighted by Crippen LogP contribution is -2.27. The fourth-order valence-corrected chi connectivity index (χ4v) is 2.76. The summed E-state index contributed by atoms with van der Waals surface area (Å²) >= 11 is 6.17. The summed E-state index contributed by atoms with van der Waals surface area (Å²) in [5, 5.41) is 0.670. The van der Waals surface area contributed by atoms with Crippen molar-refractivity contribution in [1.82, 2.24) is 9.88 Å². The number of hydrogen-bond acceptors (Lipinski definition) is 2. The van der Waals surface area contributed by atoms with Crippen molar-refractivity contribution in [3.63, 3.8) is 0 Å². The molecule has 1 atom stereocenters. The number of nitrogens with zero attached hydrogens (tertiary/aromatic N) is 2. The molecule has 0 N–H and O–H groups in total. The van der Waals surface area contributed by atoms with Gasteiger partial charge in [-0.15, -0.1) is 0 Å². The van der Waals surface area contributed by atoms with Crippen LogP contribution in [0.4, 0.5) is 0 Å². The largest absolute Gasteiger partial charge is 0.296 e. The van der Waals surface area contributed by atoms with E-state index in [0.29, 0.717) is 17.1 Å². The highest BCUT2D eigenvalue weighted by molar-refractivity contribution is 6.30. The van der Waals surface area contributed by atoms with Crippen LogP contribution in [0.5, 0.6) is 0 Å². The van der Waals surface area contributed by atoms with Gasteiger partial charge in [0.25, 0.3) is 0 Å². The molecule has 1 aliphatic rings. The minimum Gasteiger partial charge on any atom is -0.296 e. The van der Waals surface area contributed by atoms with Crippen molar-refractivity contribution >= 4 is 11.6 Å². The quantitative estimate of drug-likeness (QED) is 0.749. The first kappa shape index (κ1) is 11.9. The van der Waals surface area contributed by atoms with Gasteiger partial charge in [-0.05, 0) is 31.4 Å². The zero-order valence-electron chi connectivity index (χ0n) is 9.99. The molecule has 88 valence electrons. The number of halogens is 1. The molecule has 0 radical (unpaired) electrons. The number of aromatic nitrogens is 1. The summed E-state index contributed by atoms with van der Waals surface area (Å²) in [6.07, 6.45) is 4.23. The van der Waals surface area contributed by atoms with Crippen molar-refractivity contribution in [2.75, 3.05) is 13.1 Å². The van der Waals surface area contributed by atoms with E-state index in [1.165, 1.54) is 24.9 Å². The molecule has 0 amide bonds. The van der Waals surface area contributed by atoms with Gasteiger partial charge in [-0.25, -0.2) is 4.98 Å². The maximum atomic E-state index is 6.17. The summed E-state index contributed by atoms with van der Waals surface area (Å²) in [4.78, 5) is 6.71. The smallest absolute Gasteiger partial charge is 0.133 e. The zero-order chi connectivity index (χ0) is 11.5. The summed E-state index contributed by atoms with van der Waals surface area (Å²) < 4.78 is 0. The summed E-state index contributed by atoms with van der Waals surface area (Å²) in [5.74, 6) is 0.705. The van der Waals surface area contributed by atoms with Gasteiger partial charge in [-0.2, -0.15) is 0 Å². The van der Waals surface area contributed by atoms with Gasteiger partial charge in [0.05, 0.1) is 0 Å². The van der Waals surface area contributed by atoms with Crippen LogP contribution in [0.1, 0.15) is 38.3 Å². The second-order valence-corrected chi connectivity index (χ2v) is 5.29. The highest BCUT2D eigenvalue weighted by atomic mass is 35.5. The van der Waals surface area contributed by atoms with E-state index in [-0.39, 0.29) is 0 Å². The Morgan fingerprint density at radius 3 is 3.06 bits per heavy atom. The van der Waals surface area contributed by atoms with Crippen molar-refractivity contribution in [3.8, 4) is 0 Å². The van der Waals surface area contributed by atoms with Gasteiger partial charge in [-0.3, -0.25) is 4.90 Å². The summed E-state index contributed by atoms with van der Waals surface area (Å²) in [7, 11) is 0. The normalized spacial score (nSPS) is 21.9. The maximum Gasteiger partial charge on any atom is 0.133 e.